The standard InChI is InChI=1S/C14H16FN3O3S/c1-17-9-16-12-7-18(10(8-19)6-13(12)17)22(20,21)14-5-3-2-4-11(14)15/h2-5,9-10,19H,6-8H2,1H3. The van der Waals surface area contributed by atoms with Crippen LogP contribution in [0.2, 0.25) is 0 Å². The summed E-state index contributed by atoms with van der Waals surface area (Å²) in [5.74, 6) is -0.800. The van der Waals surface area contributed by atoms with Crippen LogP contribution in [-0.4, -0.2) is 40.0 Å². The lowest BCUT2D eigenvalue weighted by Gasteiger charge is -2.33. The van der Waals surface area contributed by atoms with Gasteiger partial charge in [0.25, 0.3) is 0 Å². The Kier molecular flexibility index (Phi) is 3.75. The summed E-state index contributed by atoms with van der Waals surface area (Å²) in [6.07, 6.45) is 1.95. The van der Waals surface area contributed by atoms with Gasteiger partial charge in [0, 0.05) is 19.2 Å². The van der Waals surface area contributed by atoms with Gasteiger partial charge in [-0.05, 0) is 12.1 Å². The minimum atomic E-state index is -4.04. The fraction of sp³-hybridized carbons (Fsp3) is 0.357. The second kappa shape index (κ2) is 5.45. The number of hydrogen-bond acceptors (Lipinski definition) is 4. The second-order valence-corrected chi connectivity index (χ2v) is 7.13. The maximum absolute atomic E-state index is 13.9. The molecule has 0 aliphatic carbocycles. The molecule has 0 saturated carbocycles. The molecule has 22 heavy (non-hydrogen) atoms. The third kappa shape index (κ3) is 2.33. The summed E-state index contributed by atoms with van der Waals surface area (Å²) < 4.78 is 42.3. The summed E-state index contributed by atoms with van der Waals surface area (Å²) in [5, 5.41) is 9.57. The average molecular weight is 325 g/mol. The Morgan fingerprint density at radius 3 is 2.82 bits per heavy atom. The first-order chi connectivity index (χ1) is 10.4. The number of aliphatic hydroxyl groups is 1. The lowest BCUT2D eigenvalue weighted by atomic mass is 10.1. The van der Waals surface area contributed by atoms with E-state index in [1.54, 1.807) is 6.33 Å². The Morgan fingerprint density at radius 1 is 1.41 bits per heavy atom. The van der Waals surface area contributed by atoms with E-state index in [4.69, 9.17) is 0 Å². The molecule has 0 radical (unpaired) electrons. The zero-order chi connectivity index (χ0) is 15.9. The van der Waals surface area contributed by atoms with Gasteiger partial charge in [0.05, 0.1) is 31.2 Å². The van der Waals surface area contributed by atoms with Crippen molar-refractivity contribution in [3.8, 4) is 0 Å². The number of hydrogen-bond donors (Lipinski definition) is 1. The number of aromatic nitrogens is 2. The van der Waals surface area contributed by atoms with Crippen molar-refractivity contribution in [2.24, 2.45) is 7.05 Å². The molecule has 2 aromatic rings. The van der Waals surface area contributed by atoms with E-state index in [0.29, 0.717) is 12.1 Å². The Balaban J connectivity index is 2.05. The number of nitrogens with zero attached hydrogens (tertiary/aromatic N) is 3. The Hall–Kier alpha value is -1.77. The molecule has 1 aromatic carbocycles. The predicted octanol–water partition coefficient (Wildman–Crippen LogP) is 0.667. The van der Waals surface area contributed by atoms with Gasteiger partial charge in [-0.2, -0.15) is 4.31 Å². The highest BCUT2D eigenvalue weighted by atomic mass is 32.2. The molecule has 3 rings (SSSR count). The monoisotopic (exact) mass is 325 g/mol. The van der Waals surface area contributed by atoms with E-state index in [9.17, 15) is 17.9 Å². The fourth-order valence-electron chi connectivity index (χ4n) is 2.72. The van der Waals surface area contributed by atoms with Crippen LogP contribution in [0.15, 0.2) is 35.5 Å². The van der Waals surface area contributed by atoms with E-state index in [-0.39, 0.29) is 18.0 Å². The van der Waals surface area contributed by atoms with E-state index < -0.39 is 21.9 Å². The maximum atomic E-state index is 13.9. The van der Waals surface area contributed by atoms with Crippen LogP contribution in [0.4, 0.5) is 4.39 Å². The highest BCUT2D eigenvalue weighted by Gasteiger charge is 2.38. The molecule has 1 unspecified atom stereocenters. The summed E-state index contributed by atoms with van der Waals surface area (Å²) in [5.41, 5.74) is 1.52. The van der Waals surface area contributed by atoms with Crippen LogP contribution >= 0.6 is 0 Å². The van der Waals surface area contributed by atoms with E-state index in [1.807, 2.05) is 11.6 Å². The molecule has 1 aliphatic rings. The highest BCUT2D eigenvalue weighted by molar-refractivity contribution is 7.89. The topological polar surface area (TPSA) is 75.4 Å². The van der Waals surface area contributed by atoms with Crippen molar-refractivity contribution in [1.82, 2.24) is 13.9 Å². The minimum absolute atomic E-state index is 0.0259. The van der Waals surface area contributed by atoms with Gasteiger partial charge < -0.3 is 9.67 Å². The molecule has 8 heteroatoms. The Bertz CT molecular complexity index is 803. The van der Waals surface area contributed by atoms with E-state index in [2.05, 4.69) is 4.98 Å². The summed E-state index contributed by atoms with van der Waals surface area (Å²) in [6.45, 7) is -0.309. The SMILES string of the molecule is Cn1cnc2c1CC(CO)N(S(=O)(=O)c1ccccc1F)C2. The number of imidazole rings is 1. The lowest BCUT2D eigenvalue weighted by molar-refractivity contribution is 0.170. The number of fused-ring (bicyclic) bond motifs is 1. The van der Waals surface area contributed by atoms with Crippen molar-refractivity contribution >= 4 is 10.0 Å². The molecule has 118 valence electrons. The molecule has 1 N–H and O–H groups in total. The molecule has 0 bridgehead atoms. The van der Waals surface area contributed by atoms with Crippen molar-refractivity contribution in [3.05, 3.63) is 47.8 Å². The van der Waals surface area contributed by atoms with Crippen molar-refractivity contribution in [2.75, 3.05) is 6.61 Å². The number of sulfonamides is 1. The van der Waals surface area contributed by atoms with Crippen LogP contribution in [0.5, 0.6) is 0 Å². The van der Waals surface area contributed by atoms with Crippen LogP contribution < -0.4 is 0 Å². The Morgan fingerprint density at radius 2 is 2.14 bits per heavy atom. The maximum Gasteiger partial charge on any atom is 0.246 e. The quantitative estimate of drug-likeness (QED) is 0.900. The summed E-state index contributed by atoms with van der Waals surface area (Å²) >= 11 is 0. The van der Waals surface area contributed by atoms with Gasteiger partial charge >= 0.3 is 0 Å². The zero-order valence-corrected chi connectivity index (χ0v) is 12.8. The first kappa shape index (κ1) is 15.1. The van der Waals surface area contributed by atoms with Crippen molar-refractivity contribution in [1.29, 1.82) is 0 Å². The van der Waals surface area contributed by atoms with Gasteiger partial charge in [-0.1, -0.05) is 12.1 Å². The molecule has 1 aromatic heterocycles. The van der Waals surface area contributed by atoms with Gasteiger partial charge in [0.1, 0.15) is 10.7 Å². The predicted molar refractivity (Wildman–Crippen MR) is 76.9 cm³/mol. The fourth-order valence-corrected chi connectivity index (χ4v) is 4.36. The molecule has 0 amide bonds. The Labute approximate surface area is 127 Å². The average Bonchev–Trinajstić information content (AvgIpc) is 2.87. The summed E-state index contributed by atoms with van der Waals surface area (Å²) in [4.78, 5) is 3.80. The number of aryl methyl sites for hydroxylation is 1. The molecule has 1 aliphatic heterocycles. The van der Waals surface area contributed by atoms with Crippen LogP contribution in [0.25, 0.3) is 0 Å². The van der Waals surface area contributed by atoms with E-state index in [0.717, 1.165) is 16.1 Å². The summed E-state index contributed by atoms with van der Waals surface area (Å²) in [6, 6.07) is 4.61. The van der Waals surface area contributed by atoms with Crippen LogP contribution in [0.3, 0.4) is 0 Å². The molecular weight excluding hydrogens is 309 g/mol. The second-order valence-electron chi connectivity index (χ2n) is 5.27. The molecular formula is C14H16FN3O3S. The number of aliphatic hydroxyl groups excluding tert-OH is 1. The van der Waals surface area contributed by atoms with Crippen molar-refractivity contribution in [3.63, 3.8) is 0 Å². The zero-order valence-electron chi connectivity index (χ0n) is 12.0. The lowest BCUT2D eigenvalue weighted by Crippen LogP contribution is -2.46. The minimum Gasteiger partial charge on any atom is -0.395 e. The first-order valence-electron chi connectivity index (χ1n) is 6.81. The van der Waals surface area contributed by atoms with Gasteiger partial charge in [-0.3, -0.25) is 0 Å². The van der Waals surface area contributed by atoms with Gasteiger partial charge in [-0.15, -0.1) is 0 Å². The van der Waals surface area contributed by atoms with Crippen LogP contribution in [0, 0.1) is 5.82 Å². The summed E-state index contributed by atoms with van der Waals surface area (Å²) in [7, 11) is -2.22. The molecule has 0 spiro atoms. The van der Waals surface area contributed by atoms with Gasteiger partial charge in [0.2, 0.25) is 10.0 Å². The smallest absolute Gasteiger partial charge is 0.246 e. The first-order valence-corrected chi connectivity index (χ1v) is 8.25. The third-order valence-corrected chi connectivity index (χ3v) is 5.85. The van der Waals surface area contributed by atoms with Gasteiger partial charge in [0.15, 0.2) is 0 Å². The molecule has 0 saturated heterocycles. The van der Waals surface area contributed by atoms with Crippen molar-refractivity contribution in [2.45, 2.75) is 23.9 Å². The molecule has 0 fully saturated rings. The number of benzene rings is 1. The largest absolute Gasteiger partial charge is 0.395 e. The number of rotatable bonds is 3. The van der Waals surface area contributed by atoms with Crippen LogP contribution in [0.1, 0.15) is 11.4 Å². The molecule has 1 atom stereocenters. The van der Waals surface area contributed by atoms with Gasteiger partial charge in [-0.25, -0.2) is 17.8 Å². The van der Waals surface area contributed by atoms with E-state index in [1.165, 1.54) is 18.2 Å². The van der Waals surface area contributed by atoms with Crippen LogP contribution in [-0.2, 0) is 30.0 Å². The number of halogens is 1. The molecule has 2 heterocycles. The van der Waals surface area contributed by atoms with Crippen molar-refractivity contribution < 1.29 is 17.9 Å². The normalized spacial score (nSPS) is 19.1. The molecule has 6 nitrogen and oxygen atoms in total. The third-order valence-electron chi connectivity index (χ3n) is 3.92. The highest BCUT2D eigenvalue weighted by Crippen LogP contribution is 2.29. The van der Waals surface area contributed by atoms with E-state index >= 15 is 0 Å².